The van der Waals surface area contributed by atoms with Gasteiger partial charge in [-0.2, -0.15) is 5.10 Å². The molecular formula is C17H17ClN2O4. The van der Waals surface area contributed by atoms with Crippen molar-refractivity contribution >= 4 is 29.0 Å². The Bertz CT molecular complexity index is 790. The molecule has 0 amide bonds. The molecule has 0 spiro atoms. The molecule has 0 saturated carbocycles. The van der Waals surface area contributed by atoms with Gasteiger partial charge in [0.15, 0.2) is 0 Å². The van der Waals surface area contributed by atoms with E-state index in [1.54, 1.807) is 33.3 Å². The standard InChI is InChI=1S/C17H17ClN2O4/c1-10(13-6-5-12(23-2)9-16(13)24-3)19-20-15-8-11(17(21)22)4-7-14(15)18/h4-9,20H,1-3H3,(H,21,22)/b19-10-. The van der Waals surface area contributed by atoms with Crippen LogP contribution in [-0.2, 0) is 0 Å². The minimum atomic E-state index is -1.03. The fourth-order valence-electron chi connectivity index (χ4n) is 2.05. The van der Waals surface area contributed by atoms with Crippen molar-refractivity contribution in [2.24, 2.45) is 5.10 Å². The number of aromatic carboxylic acids is 1. The molecule has 0 aromatic heterocycles. The van der Waals surface area contributed by atoms with Crippen molar-refractivity contribution in [3.05, 3.63) is 52.5 Å². The lowest BCUT2D eigenvalue weighted by Crippen LogP contribution is -2.04. The lowest BCUT2D eigenvalue weighted by atomic mass is 10.1. The van der Waals surface area contributed by atoms with Crippen LogP contribution in [0.25, 0.3) is 0 Å². The fraction of sp³-hybridized carbons (Fsp3) is 0.176. The zero-order valence-corrected chi connectivity index (χ0v) is 14.2. The predicted molar refractivity (Wildman–Crippen MR) is 93.8 cm³/mol. The lowest BCUT2D eigenvalue weighted by Gasteiger charge is -2.11. The number of carboxylic acids is 1. The van der Waals surface area contributed by atoms with Crippen molar-refractivity contribution in [3.8, 4) is 11.5 Å². The van der Waals surface area contributed by atoms with Gasteiger partial charge in [-0.3, -0.25) is 5.43 Å². The van der Waals surface area contributed by atoms with Crippen LogP contribution in [0.5, 0.6) is 11.5 Å². The van der Waals surface area contributed by atoms with Gasteiger partial charge in [0, 0.05) is 11.6 Å². The van der Waals surface area contributed by atoms with E-state index in [1.807, 2.05) is 6.07 Å². The smallest absolute Gasteiger partial charge is 0.335 e. The van der Waals surface area contributed by atoms with Crippen molar-refractivity contribution in [1.29, 1.82) is 0 Å². The number of nitrogens with one attached hydrogen (secondary N) is 1. The van der Waals surface area contributed by atoms with E-state index < -0.39 is 5.97 Å². The summed E-state index contributed by atoms with van der Waals surface area (Å²) in [6.45, 7) is 1.80. The van der Waals surface area contributed by atoms with Crippen molar-refractivity contribution in [2.45, 2.75) is 6.92 Å². The van der Waals surface area contributed by atoms with Gasteiger partial charge in [-0.15, -0.1) is 0 Å². The molecule has 0 aliphatic heterocycles. The van der Waals surface area contributed by atoms with Crippen LogP contribution in [0.2, 0.25) is 5.02 Å². The normalized spacial score (nSPS) is 11.1. The summed E-state index contributed by atoms with van der Waals surface area (Å²) >= 11 is 6.06. The second kappa shape index (κ2) is 7.70. The highest BCUT2D eigenvalue weighted by molar-refractivity contribution is 6.33. The Morgan fingerprint density at radius 2 is 1.92 bits per heavy atom. The number of methoxy groups -OCH3 is 2. The number of carbonyl (C=O) groups is 1. The maximum absolute atomic E-state index is 11.0. The van der Waals surface area contributed by atoms with Crippen LogP contribution in [0.3, 0.4) is 0 Å². The molecule has 126 valence electrons. The highest BCUT2D eigenvalue weighted by atomic mass is 35.5. The summed E-state index contributed by atoms with van der Waals surface area (Å²) < 4.78 is 10.5. The van der Waals surface area contributed by atoms with E-state index in [-0.39, 0.29) is 5.56 Å². The van der Waals surface area contributed by atoms with Crippen LogP contribution >= 0.6 is 11.6 Å². The van der Waals surface area contributed by atoms with Crippen molar-refractivity contribution in [1.82, 2.24) is 0 Å². The summed E-state index contributed by atoms with van der Waals surface area (Å²) in [5.41, 5.74) is 4.74. The van der Waals surface area contributed by atoms with Crippen molar-refractivity contribution in [2.75, 3.05) is 19.6 Å². The largest absolute Gasteiger partial charge is 0.497 e. The lowest BCUT2D eigenvalue weighted by molar-refractivity contribution is 0.0697. The average Bonchev–Trinajstić information content (AvgIpc) is 2.59. The molecule has 0 radical (unpaired) electrons. The first-order chi connectivity index (χ1) is 11.5. The van der Waals surface area contributed by atoms with Gasteiger partial charge >= 0.3 is 5.97 Å². The zero-order chi connectivity index (χ0) is 17.7. The highest BCUT2D eigenvalue weighted by Crippen LogP contribution is 2.26. The van der Waals surface area contributed by atoms with Gasteiger partial charge in [-0.25, -0.2) is 4.79 Å². The number of hydrogen-bond acceptors (Lipinski definition) is 5. The topological polar surface area (TPSA) is 80.2 Å². The van der Waals surface area contributed by atoms with E-state index in [9.17, 15) is 4.79 Å². The molecule has 0 saturated heterocycles. The molecule has 0 unspecified atom stereocenters. The number of anilines is 1. The third kappa shape index (κ3) is 3.97. The van der Waals surface area contributed by atoms with Gasteiger partial charge in [-0.1, -0.05) is 11.6 Å². The molecule has 2 aromatic rings. The maximum atomic E-state index is 11.0. The summed E-state index contributed by atoms with van der Waals surface area (Å²) in [5, 5.41) is 13.7. The number of hydrazone groups is 1. The third-order valence-corrected chi connectivity index (χ3v) is 3.69. The van der Waals surface area contributed by atoms with E-state index in [0.717, 1.165) is 5.56 Å². The SMILES string of the molecule is COc1ccc(/C(C)=N\Nc2cc(C(=O)O)ccc2Cl)c(OC)c1. The Morgan fingerprint density at radius 3 is 2.54 bits per heavy atom. The molecule has 0 aliphatic carbocycles. The van der Waals surface area contributed by atoms with Crippen LogP contribution < -0.4 is 14.9 Å². The number of rotatable bonds is 6. The van der Waals surface area contributed by atoms with Crippen LogP contribution in [0, 0.1) is 0 Å². The molecule has 2 rings (SSSR count). The van der Waals surface area contributed by atoms with E-state index in [4.69, 9.17) is 26.2 Å². The number of nitrogens with zero attached hydrogens (tertiary/aromatic N) is 1. The predicted octanol–water partition coefficient (Wildman–Crippen LogP) is 3.89. The summed E-state index contributed by atoms with van der Waals surface area (Å²) in [4.78, 5) is 11.0. The molecule has 0 fully saturated rings. The van der Waals surface area contributed by atoms with E-state index >= 15 is 0 Å². The van der Waals surface area contributed by atoms with Crippen LogP contribution in [0.1, 0.15) is 22.8 Å². The zero-order valence-electron chi connectivity index (χ0n) is 13.5. The summed E-state index contributed by atoms with van der Waals surface area (Å²) in [5.74, 6) is 0.253. The summed E-state index contributed by atoms with van der Waals surface area (Å²) in [6.07, 6.45) is 0. The number of ether oxygens (including phenoxy) is 2. The van der Waals surface area contributed by atoms with Crippen molar-refractivity contribution < 1.29 is 19.4 Å². The molecule has 24 heavy (non-hydrogen) atoms. The maximum Gasteiger partial charge on any atom is 0.335 e. The third-order valence-electron chi connectivity index (χ3n) is 3.36. The molecule has 0 bridgehead atoms. The van der Waals surface area contributed by atoms with Gasteiger partial charge in [0.05, 0.1) is 36.2 Å². The molecule has 0 heterocycles. The number of halogens is 1. The Kier molecular flexibility index (Phi) is 5.65. The Labute approximate surface area is 144 Å². The molecule has 7 heteroatoms. The molecular weight excluding hydrogens is 332 g/mol. The molecule has 2 N–H and O–H groups in total. The first kappa shape index (κ1) is 17.6. The molecule has 0 aliphatic rings. The monoisotopic (exact) mass is 348 g/mol. The van der Waals surface area contributed by atoms with Gasteiger partial charge in [0.1, 0.15) is 11.5 Å². The Hall–Kier alpha value is -2.73. The summed E-state index contributed by atoms with van der Waals surface area (Å²) in [6, 6.07) is 9.74. The fourth-order valence-corrected chi connectivity index (χ4v) is 2.21. The van der Waals surface area contributed by atoms with Crippen molar-refractivity contribution in [3.63, 3.8) is 0 Å². The highest BCUT2D eigenvalue weighted by Gasteiger charge is 2.10. The second-order valence-corrected chi connectivity index (χ2v) is 5.28. The van der Waals surface area contributed by atoms with Crippen LogP contribution in [-0.4, -0.2) is 31.0 Å². The number of benzene rings is 2. The average molecular weight is 349 g/mol. The van der Waals surface area contributed by atoms with Crippen LogP contribution in [0.15, 0.2) is 41.5 Å². The second-order valence-electron chi connectivity index (χ2n) is 4.88. The van der Waals surface area contributed by atoms with Gasteiger partial charge in [-0.05, 0) is 37.3 Å². The number of carboxylic acid groups (broad SMARTS) is 1. The Balaban J connectivity index is 2.29. The van der Waals surface area contributed by atoms with E-state index in [2.05, 4.69) is 10.5 Å². The van der Waals surface area contributed by atoms with E-state index in [1.165, 1.54) is 18.2 Å². The van der Waals surface area contributed by atoms with Crippen LogP contribution in [0.4, 0.5) is 5.69 Å². The molecule has 0 atom stereocenters. The minimum absolute atomic E-state index is 0.122. The summed E-state index contributed by atoms with van der Waals surface area (Å²) in [7, 11) is 3.14. The molecule has 6 nitrogen and oxygen atoms in total. The minimum Gasteiger partial charge on any atom is -0.497 e. The van der Waals surface area contributed by atoms with Gasteiger partial charge in [0.2, 0.25) is 0 Å². The quantitative estimate of drug-likeness (QED) is 0.611. The first-order valence-electron chi connectivity index (χ1n) is 7.01. The first-order valence-corrected chi connectivity index (χ1v) is 7.39. The Morgan fingerprint density at radius 1 is 1.17 bits per heavy atom. The van der Waals surface area contributed by atoms with Gasteiger partial charge in [0.25, 0.3) is 0 Å². The molecule has 2 aromatic carbocycles. The van der Waals surface area contributed by atoms with E-state index in [0.29, 0.717) is 27.9 Å². The number of hydrogen-bond donors (Lipinski definition) is 2. The van der Waals surface area contributed by atoms with Gasteiger partial charge < -0.3 is 14.6 Å².